The van der Waals surface area contributed by atoms with Crippen LogP contribution in [0.5, 0.6) is 0 Å². The molecule has 0 aromatic heterocycles. The summed E-state index contributed by atoms with van der Waals surface area (Å²) in [5.41, 5.74) is 0. The van der Waals surface area contributed by atoms with Crippen LogP contribution in [0.4, 0.5) is 0 Å². The van der Waals surface area contributed by atoms with Gasteiger partial charge in [0.15, 0.2) is 6.23 Å². The Morgan fingerprint density at radius 2 is 2.25 bits per heavy atom. The van der Waals surface area contributed by atoms with Crippen LogP contribution in [-0.2, 0) is 4.79 Å². The van der Waals surface area contributed by atoms with Gasteiger partial charge < -0.3 is 5.11 Å². The largest absolute Gasteiger partial charge is 0.369 e. The van der Waals surface area contributed by atoms with Crippen LogP contribution in [-0.4, -0.2) is 47.0 Å². The van der Waals surface area contributed by atoms with E-state index in [1.54, 1.807) is 0 Å². The van der Waals surface area contributed by atoms with Crippen LogP contribution in [0, 0.1) is 0 Å². The number of aliphatic hydroxyl groups is 1. The van der Waals surface area contributed by atoms with Crippen molar-refractivity contribution >= 4 is 6.41 Å². The van der Waals surface area contributed by atoms with Gasteiger partial charge in [0, 0.05) is 6.42 Å². The van der Waals surface area contributed by atoms with Gasteiger partial charge in [-0.15, -0.1) is 0 Å². The van der Waals surface area contributed by atoms with Crippen molar-refractivity contribution < 1.29 is 14.5 Å². The molecule has 4 heteroatoms. The average Bonchev–Trinajstić information content (AvgIpc) is 2.29. The number of quaternary nitrogens is 1. The van der Waals surface area contributed by atoms with Crippen LogP contribution in [0.25, 0.3) is 0 Å². The number of carbonyl (C=O) groups is 1. The van der Waals surface area contributed by atoms with Crippen LogP contribution in [0.3, 0.4) is 0 Å². The Labute approximate surface area is 72.9 Å². The summed E-state index contributed by atoms with van der Waals surface area (Å²) < 4.78 is 0.519. The molecule has 70 valence electrons. The maximum atomic E-state index is 10.7. The molecule has 1 unspecified atom stereocenters. The Hall–Kier alpha value is -0.610. The smallest absolute Gasteiger partial charge is 0.258 e. The van der Waals surface area contributed by atoms with Gasteiger partial charge in [-0.25, -0.2) is 4.59 Å². The SMILES string of the molecule is CC(C)[N+]1(C)CC[C@H](O)N1C=O. The van der Waals surface area contributed by atoms with E-state index >= 15 is 0 Å². The van der Waals surface area contributed by atoms with Crippen LogP contribution in [0.2, 0.25) is 0 Å². The molecule has 1 saturated heterocycles. The molecule has 1 heterocycles. The lowest BCUT2D eigenvalue weighted by molar-refractivity contribution is -1.01. The Balaban J connectivity index is 2.84. The lowest BCUT2D eigenvalue weighted by atomic mass is 10.3. The first-order chi connectivity index (χ1) is 5.52. The van der Waals surface area contributed by atoms with Gasteiger partial charge in [0.05, 0.1) is 7.05 Å². The number of amides is 1. The summed E-state index contributed by atoms with van der Waals surface area (Å²) in [6.07, 6.45) is 0.806. The van der Waals surface area contributed by atoms with Crippen LogP contribution >= 0.6 is 0 Å². The lowest BCUT2D eigenvalue weighted by Gasteiger charge is -2.38. The Morgan fingerprint density at radius 3 is 2.58 bits per heavy atom. The molecule has 0 radical (unpaired) electrons. The van der Waals surface area contributed by atoms with Crippen molar-refractivity contribution in [2.75, 3.05) is 13.6 Å². The zero-order valence-corrected chi connectivity index (χ0v) is 7.90. The minimum Gasteiger partial charge on any atom is -0.369 e. The van der Waals surface area contributed by atoms with Crippen molar-refractivity contribution in [3.8, 4) is 0 Å². The molecule has 1 rings (SSSR count). The number of aliphatic hydroxyl groups excluding tert-OH is 1. The van der Waals surface area contributed by atoms with E-state index in [-0.39, 0.29) is 0 Å². The fourth-order valence-electron chi connectivity index (χ4n) is 1.63. The summed E-state index contributed by atoms with van der Waals surface area (Å²) in [6, 6.07) is 0.326. The zero-order chi connectivity index (χ0) is 9.35. The van der Waals surface area contributed by atoms with Crippen LogP contribution in [0.15, 0.2) is 0 Å². The third-order valence-electron chi connectivity index (χ3n) is 2.89. The van der Waals surface area contributed by atoms with Crippen molar-refractivity contribution in [1.29, 1.82) is 0 Å². The Kier molecular flexibility index (Phi) is 2.39. The number of hydrogen-bond donors (Lipinski definition) is 1. The summed E-state index contributed by atoms with van der Waals surface area (Å²) in [7, 11) is 1.97. The predicted molar refractivity (Wildman–Crippen MR) is 44.7 cm³/mol. The first-order valence-corrected chi connectivity index (χ1v) is 4.29. The monoisotopic (exact) mass is 173 g/mol. The molecule has 0 bridgehead atoms. The van der Waals surface area contributed by atoms with E-state index in [1.165, 1.54) is 5.01 Å². The van der Waals surface area contributed by atoms with E-state index in [4.69, 9.17) is 0 Å². The van der Waals surface area contributed by atoms with Gasteiger partial charge >= 0.3 is 0 Å². The second-order valence-electron chi connectivity index (χ2n) is 3.79. The molecular weight excluding hydrogens is 156 g/mol. The molecule has 2 atom stereocenters. The van der Waals surface area contributed by atoms with Crippen molar-refractivity contribution in [2.24, 2.45) is 0 Å². The first-order valence-electron chi connectivity index (χ1n) is 4.29. The number of carbonyl (C=O) groups excluding carboxylic acids is 1. The summed E-state index contributed by atoms with van der Waals surface area (Å²) in [5.74, 6) is 0. The second kappa shape index (κ2) is 3.03. The highest BCUT2D eigenvalue weighted by molar-refractivity contribution is 5.45. The molecular formula is C8H17N2O2+. The molecule has 1 fully saturated rings. The minimum absolute atomic E-state index is 0.326. The first kappa shape index (κ1) is 9.48. The zero-order valence-electron chi connectivity index (χ0n) is 7.90. The maximum Gasteiger partial charge on any atom is 0.258 e. The minimum atomic E-state index is -0.602. The molecule has 12 heavy (non-hydrogen) atoms. The van der Waals surface area contributed by atoms with Crippen molar-refractivity contribution in [2.45, 2.75) is 32.5 Å². The van der Waals surface area contributed by atoms with E-state index in [2.05, 4.69) is 13.8 Å². The van der Waals surface area contributed by atoms with E-state index in [1.807, 2.05) is 7.05 Å². The quantitative estimate of drug-likeness (QED) is 0.469. The van der Waals surface area contributed by atoms with E-state index in [0.717, 1.165) is 13.0 Å². The molecule has 1 aliphatic heterocycles. The molecule has 1 aliphatic rings. The highest BCUT2D eigenvalue weighted by atomic mass is 16.3. The van der Waals surface area contributed by atoms with E-state index < -0.39 is 6.23 Å². The molecule has 0 aromatic rings. The second-order valence-corrected chi connectivity index (χ2v) is 3.79. The lowest BCUT2D eigenvalue weighted by Crippen LogP contribution is -2.58. The Morgan fingerprint density at radius 1 is 1.67 bits per heavy atom. The predicted octanol–water partition coefficient (Wildman–Crippen LogP) is -0.0631. The van der Waals surface area contributed by atoms with Gasteiger partial charge in [0.25, 0.3) is 6.41 Å². The van der Waals surface area contributed by atoms with Gasteiger partial charge in [-0.05, 0) is 13.8 Å². The molecule has 4 nitrogen and oxygen atoms in total. The summed E-state index contributed by atoms with van der Waals surface area (Å²) >= 11 is 0. The van der Waals surface area contributed by atoms with Gasteiger partial charge in [-0.3, -0.25) is 4.79 Å². The molecule has 1 N–H and O–H groups in total. The van der Waals surface area contributed by atoms with Gasteiger partial charge in [-0.1, -0.05) is 0 Å². The molecule has 0 spiro atoms. The molecule has 1 amide bonds. The van der Waals surface area contributed by atoms with Gasteiger partial charge in [0.2, 0.25) is 0 Å². The highest BCUT2D eigenvalue weighted by Gasteiger charge is 2.43. The topological polar surface area (TPSA) is 40.5 Å². The fraction of sp³-hybridized carbons (Fsp3) is 0.875. The molecule has 0 aromatic carbocycles. The highest BCUT2D eigenvalue weighted by Crippen LogP contribution is 2.25. The number of rotatable bonds is 2. The van der Waals surface area contributed by atoms with Crippen molar-refractivity contribution in [3.05, 3.63) is 0 Å². The van der Waals surface area contributed by atoms with Crippen LogP contribution in [0.1, 0.15) is 20.3 Å². The van der Waals surface area contributed by atoms with E-state index in [0.29, 0.717) is 17.1 Å². The molecule has 0 saturated carbocycles. The third kappa shape index (κ3) is 1.21. The van der Waals surface area contributed by atoms with Crippen LogP contribution < -0.4 is 0 Å². The number of hydrogen-bond acceptors (Lipinski definition) is 2. The normalized spacial score (nSPS) is 36.1. The maximum absolute atomic E-state index is 10.7. The summed E-state index contributed by atoms with van der Waals surface area (Å²) in [4.78, 5) is 10.7. The average molecular weight is 173 g/mol. The fourth-order valence-corrected chi connectivity index (χ4v) is 1.63. The number of nitrogens with zero attached hydrogens (tertiary/aromatic N) is 2. The van der Waals surface area contributed by atoms with Crippen molar-refractivity contribution in [3.63, 3.8) is 0 Å². The summed E-state index contributed by atoms with van der Waals surface area (Å²) in [6.45, 7) is 4.93. The van der Waals surface area contributed by atoms with Crippen molar-refractivity contribution in [1.82, 2.24) is 5.01 Å². The molecule has 0 aliphatic carbocycles. The van der Waals surface area contributed by atoms with Gasteiger partial charge in [-0.2, -0.15) is 5.01 Å². The van der Waals surface area contributed by atoms with E-state index in [9.17, 15) is 9.90 Å². The summed E-state index contributed by atoms with van der Waals surface area (Å²) in [5, 5.41) is 10.9. The third-order valence-corrected chi connectivity index (χ3v) is 2.89. The van der Waals surface area contributed by atoms with Gasteiger partial charge in [0.1, 0.15) is 12.6 Å². The standard InChI is InChI=1S/C8H17N2O2/c1-7(2)10(3)5-4-8(12)9(10)6-11/h6-8,12H,4-5H2,1-3H3/q+1/t8-,10?/m0/s1. The Bertz CT molecular complexity index is 184.